The number of aldehydes is 1. The van der Waals surface area contributed by atoms with Crippen LogP contribution in [0.25, 0.3) is 0 Å². The second kappa shape index (κ2) is 4.80. The Kier molecular flexibility index (Phi) is 3.69. The van der Waals surface area contributed by atoms with Gasteiger partial charge in [0.25, 0.3) is 0 Å². The molecule has 0 fully saturated rings. The van der Waals surface area contributed by atoms with Crippen LogP contribution in [-0.2, 0) is 0 Å². The van der Waals surface area contributed by atoms with Gasteiger partial charge in [-0.25, -0.2) is 0 Å². The van der Waals surface area contributed by atoms with E-state index in [-0.39, 0.29) is 0 Å². The van der Waals surface area contributed by atoms with Gasteiger partial charge in [0.1, 0.15) is 6.10 Å². The third kappa shape index (κ3) is 3.02. The summed E-state index contributed by atoms with van der Waals surface area (Å²) in [6.07, 6.45) is 0.854. The molecule has 0 spiro atoms. The topological polar surface area (TPSA) is 37.3 Å². The van der Waals surface area contributed by atoms with Crippen LogP contribution in [0.4, 0.5) is 0 Å². The molecule has 0 aliphatic rings. The van der Waals surface area contributed by atoms with Crippen LogP contribution in [0.5, 0.6) is 0 Å². The molecule has 0 saturated carbocycles. The van der Waals surface area contributed by atoms with Gasteiger partial charge >= 0.3 is 0 Å². The highest BCUT2D eigenvalue weighted by Gasteiger charge is 1.96. The van der Waals surface area contributed by atoms with E-state index in [9.17, 15) is 4.79 Å². The van der Waals surface area contributed by atoms with Crippen molar-refractivity contribution in [2.45, 2.75) is 19.4 Å². The number of thiophene rings is 1. The summed E-state index contributed by atoms with van der Waals surface area (Å²) in [5, 5.41) is 9.14. The van der Waals surface area contributed by atoms with E-state index in [4.69, 9.17) is 5.11 Å². The fourth-order valence-corrected chi connectivity index (χ4v) is 1.42. The van der Waals surface area contributed by atoms with Crippen molar-refractivity contribution in [2.24, 2.45) is 0 Å². The molecule has 0 aliphatic carbocycles. The standard InChI is InChI=1S/C10H10O2S/c1-2-8(12)3-4-9-5-6-10(7-11)13-9/h5-8,12H,2H2,1H3. The highest BCUT2D eigenvalue weighted by molar-refractivity contribution is 7.14. The zero-order chi connectivity index (χ0) is 9.68. The molecular weight excluding hydrogens is 184 g/mol. The minimum Gasteiger partial charge on any atom is -0.380 e. The van der Waals surface area contributed by atoms with Gasteiger partial charge in [0.2, 0.25) is 0 Å². The fraction of sp³-hybridized carbons (Fsp3) is 0.300. The molecule has 3 heteroatoms. The molecule has 0 radical (unpaired) electrons. The maximum atomic E-state index is 10.3. The quantitative estimate of drug-likeness (QED) is 0.574. The highest BCUT2D eigenvalue weighted by Crippen LogP contribution is 2.12. The Morgan fingerprint density at radius 3 is 3.00 bits per heavy atom. The second-order valence-electron chi connectivity index (χ2n) is 2.51. The van der Waals surface area contributed by atoms with Crippen molar-refractivity contribution < 1.29 is 9.90 Å². The summed E-state index contributed by atoms with van der Waals surface area (Å²) in [6.45, 7) is 1.87. The van der Waals surface area contributed by atoms with Crippen molar-refractivity contribution in [3.05, 3.63) is 21.9 Å². The Balaban J connectivity index is 2.71. The Hall–Kier alpha value is -1.11. The SMILES string of the molecule is CCC(O)C#Cc1ccc(C=O)s1. The fourth-order valence-electron chi connectivity index (χ4n) is 0.740. The van der Waals surface area contributed by atoms with Crippen molar-refractivity contribution in [1.29, 1.82) is 0 Å². The average molecular weight is 194 g/mol. The van der Waals surface area contributed by atoms with E-state index < -0.39 is 6.10 Å². The molecule has 0 amide bonds. The average Bonchev–Trinajstić information content (AvgIpc) is 2.61. The van der Waals surface area contributed by atoms with Crippen LogP contribution in [-0.4, -0.2) is 17.5 Å². The third-order valence-corrected chi connectivity index (χ3v) is 2.42. The first-order chi connectivity index (χ1) is 6.26. The van der Waals surface area contributed by atoms with Crippen molar-refractivity contribution in [3.63, 3.8) is 0 Å². The summed E-state index contributed by atoms with van der Waals surface area (Å²) in [7, 11) is 0. The highest BCUT2D eigenvalue weighted by atomic mass is 32.1. The van der Waals surface area contributed by atoms with Gasteiger partial charge in [-0.3, -0.25) is 4.79 Å². The first kappa shape index (κ1) is 9.97. The number of rotatable bonds is 2. The summed E-state index contributed by atoms with van der Waals surface area (Å²) in [6, 6.07) is 3.50. The molecule has 2 nitrogen and oxygen atoms in total. The maximum Gasteiger partial charge on any atom is 0.160 e. The summed E-state index contributed by atoms with van der Waals surface area (Å²) < 4.78 is 0. The lowest BCUT2D eigenvalue weighted by Gasteiger charge is -1.92. The normalized spacial score (nSPS) is 11.5. The van der Waals surface area contributed by atoms with E-state index >= 15 is 0 Å². The minimum atomic E-state index is -0.568. The van der Waals surface area contributed by atoms with Gasteiger partial charge in [-0.2, -0.15) is 0 Å². The largest absolute Gasteiger partial charge is 0.380 e. The molecule has 13 heavy (non-hydrogen) atoms. The molecule has 1 aromatic heterocycles. The van der Waals surface area contributed by atoms with E-state index in [1.807, 2.05) is 6.92 Å². The molecule has 0 aliphatic heterocycles. The molecule has 1 rings (SSSR count). The molecule has 1 atom stereocenters. The maximum absolute atomic E-state index is 10.3. The van der Waals surface area contributed by atoms with Crippen molar-refractivity contribution in [3.8, 4) is 11.8 Å². The third-order valence-electron chi connectivity index (χ3n) is 1.49. The summed E-state index contributed by atoms with van der Waals surface area (Å²) in [5.74, 6) is 5.50. The molecule has 1 aromatic rings. The molecule has 0 aromatic carbocycles. The molecule has 68 valence electrons. The smallest absolute Gasteiger partial charge is 0.160 e. The van der Waals surface area contributed by atoms with E-state index in [1.165, 1.54) is 11.3 Å². The van der Waals surface area contributed by atoms with Crippen LogP contribution < -0.4 is 0 Å². The van der Waals surface area contributed by atoms with E-state index in [0.717, 1.165) is 11.2 Å². The van der Waals surface area contributed by atoms with Crippen LogP contribution in [0.3, 0.4) is 0 Å². The van der Waals surface area contributed by atoms with Gasteiger partial charge in [-0.1, -0.05) is 18.8 Å². The predicted molar refractivity (Wildman–Crippen MR) is 52.9 cm³/mol. The Bertz CT molecular complexity index is 343. The van der Waals surface area contributed by atoms with Crippen LogP contribution >= 0.6 is 11.3 Å². The number of hydrogen-bond acceptors (Lipinski definition) is 3. The second-order valence-corrected chi connectivity index (χ2v) is 3.63. The number of carbonyl (C=O) groups is 1. The van der Waals surface area contributed by atoms with Gasteiger partial charge < -0.3 is 5.11 Å². The van der Waals surface area contributed by atoms with E-state index in [2.05, 4.69) is 11.8 Å². The van der Waals surface area contributed by atoms with Crippen molar-refractivity contribution >= 4 is 17.6 Å². The molecule has 0 saturated heterocycles. The molecule has 1 unspecified atom stereocenters. The lowest BCUT2D eigenvalue weighted by molar-refractivity contribution is 0.112. The first-order valence-corrected chi connectivity index (χ1v) is 4.82. The van der Waals surface area contributed by atoms with Gasteiger partial charge in [0.15, 0.2) is 6.29 Å². The zero-order valence-electron chi connectivity index (χ0n) is 7.28. The Morgan fingerprint density at radius 2 is 2.46 bits per heavy atom. The Morgan fingerprint density at radius 1 is 1.69 bits per heavy atom. The van der Waals surface area contributed by atoms with E-state index in [0.29, 0.717) is 11.3 Å². The van der Waals surface area contributed by atoms with Gasteiger partial charge in [-0.15, -0.1) is 11.3 Å². The van der Waals surface area contributed by atoms with Gasteiger partial charge in [-0.05, 0) is 18.6 Å². The lowest BCUT2D eigenvalue weighted by Crippen LogP contribution is -1.98. The summed E-state index contributed by atoms with van der Waals surface area (Å²) >= 11 is 1.33. The monoisotopic (exact) mass is 194 g/mol. The lowest BCUT2D eigenvalue weighted by atomic mass is 10.3. The van der Waals surface area contributed by atoms with Crippen LogP contribution in [0.1, 0.15) is 27.9 Å². The van der Waals surface area contributed by atoms with Crippen LogP contribution in [0.2, 0.25) is 0 Å². The zero-order valence-corrected chi connectivity index (χ0v) is 8.10. The number of aliphatic hydroxyl groups is 1. The van der Waals surface area contributed by atoms with Gasteiger partial charge in [0.05, 0.1) is 9.75 Å². The minimum absolute atomic E-state index is 0.568. The van der Waals surface area contributed by atoms with Crippen LogP contribution in [0.15, 0.2) is 12.1 Å². The first-order valence-electron chi connectivity index (χ1n) is 4.01. The molecular formula is C10H10O2S. The molecule has 1 heterocycles. The van der Waals surface area contributed by atoms with Crippen molar-refractivity contribution in [2.75, 3.05) is 0 Å². The number of aliphatic hydroxyl groups excluding tert-OH is 1. The van der Waals surface area contributed by atoms with Crippen LogP contribution in [0, 0.1) is 11.8 Å². The van der Waals surface area contributed by atoms with Crippen molar-refractivity contribution in [1.82, 2.24) is 0 Å². The molecule has 1 N–H and O–H groups in total. The van der Waals surface area contributed by atoms with Gasteiger partial charge in [0, 0.05) is 0 Å². The van der Waals surface area contributed by atoms with E-state index in [1.54, 1.807) is 12.1 Å². The molecule has 0 bridgehead atoms. The number of hydrogen-bond donors (Lipinski definition) is 1. The number of carbonyl (C=O) groups excluding carboxylic acids is 1. The summed E-state index contributed by atoms with van der Waals surface area (Å²) in [5.41, 5.74) is 0. The predicted octanol–water partition coefficient (Wildman–Crippen LogP) is 1.68. The Labute approximate surface area is 81.2 Å². The summed E-state index contributed by atoms with van der Waals surface area (Å²) in [4.78, 5) is 11.8.